The van der Waals surface area contributed by atoms with Gasteiger partial charge in [-0.3, -0.25) is 4.79 Å². The van der Waals surface area contributed by atoms with Crippen LogP contribution in [-0.2, 0) is 4.74 Å². The number of ether oxygens (including phenoxy) is 2. The molecular weight excluding hydrogens is 368 g/mol. The maximum atomic E-state index is 12.8. The van der Waals surface area contributed by atoms with Gasteiger partial charge in [-0.05, 0) is 48.6 Å². The minimum Gasteiger partial charge on any atom is -0.496 e. The Hall–Kier alpha value is -3.93. The van der Waals surface area contributed by atoms with Gasteiger partial charge in [-0.15, -0.1) is 0 Å². The lowest BCUT2D eigenvalue weighted by Gasteiger charge is -2.09. The number of allylic oxidation sites excluding steroid dienone is 1. The Balaban J connectivity index is 1.84. The second kappa shape index (κ2) is 9.32. The molecule has 0 amide bonds. The Labute approximate surface area is 168 Å². The van der Waals surface area contributed by atoms with Crippen molar-refractivity contribution < 1.29 is 19.1 Å². The standard InChI is InChI=1S/C23H20N2O4/c1-28-21-15-17(23(27)29-2)11-10-16(21)12-13-20(26)19-9-6-14-24-22(19)25-18-7-4-3-5-8-18/h3-15H,1-2H3,(H,24,25). The Kier molecular flexibility index (Phi) is 6.37. The normalized spacial score (nSPS) is 10.6. The molecule has 0 aliphatic heterocycles. The minimum absolute atomic E-state index is 0.212. The molecule has 1 heterocycles. The summed E-state index contributed by atoms with van der Waals surface area (Å²) < 4.78 is 10.0. The third kappa shape index (κ3) is 4.87. The average molecular weight is 388 g/mol. The number of hydrogen-bond acceptors (Lipinski definition) is 6. The van der Waals surface area contributed by atoms with Crippen molar-refractivity contribution in [2.24, 2.45) is 0 Å². The number of benzene rings is 2. The van der Waals surface area contributed by atoms with Crippen LogP contribution in [0.2, 0.25) is 0 Å². The summed E-state index contributed by atoms with van der Waals surface area (Å²) in [6.07, 6.45) is 4.71. The first-order valence-electron chi connectivity index (χ1n) is 8.88. The van der Waals surface area contributed by atoms with E-state index in [1.54, 1.807) is 42.6 Å². The highest BCUT2D eigenvalue weighted by Crippen LogP contribution is 2.23. The van der Waals surface area contributed by atoms with E-state index in [-0.39, 0.29) is 5.78 Å². The molecule has 1 N–H and O–H groups in total. The first-order chi connectivity index (χ1) is 14.1. The van der Waals surface area contributed by atoms with Crippen LogP contribution < -0.4 is 10.1 Å². The van der Waals surface area contributed by atoms with Crippen molar-refractivity contribution in [1.29, 1.82) is 0 Å². The molecule has 0 fully saturated rings. The second-order valence-electron chi connectivity index (χ2n) is 6.04. The van der Waals surface area contributed by atoms with Gasteiger partial charge < -0.3 is 14.8 Å². The first-order valence-corrected chi connectivity index (χ1v) is 8.88. The highest BCUT2D eigenvalue weighted by molar-refractivity contribution is 6.10. The number of hydrogen-bond donors (Lipinski definition) is 1. The zero-order valence-corrected chi connectivity index (χ0v) is 16.1. The van der Waals surface area contributed by atoms with Gasteiger partial charge in [0.2, 0.25) is 0 Å². The lowest BCUT2D eigenvalue weighted by molar-refractivity contribution is 0.0600. The van der Waals surface area contributed by atoms with Gasteiger partial charge in [0.1, 0.15) is 11.6 Å². The SMILES string of the molecule is COC(=O)c1ccc(C=CC(=O)c2cccnc2Nc2ccccc2)c(OC)c1. The summed E-state index contributed by atoms with van der Waals surface area (Å²) in [6.45, 7) is 0. The number of carbonyl (C=O) groups is 2. The monoisotopic (exact) mass is 388 g/mol. The average Bonchev–Trinajstić information content (AvgIpc) is 2.77. The Morgan fingerprint density at radius 3 is 2.52 bits per heavy atom. The molecule has 0 unspecified atom stereocenters. The van der Waals surface area contributed by atoms with Crippen LogP contribution in [0.5, 0.6) is 5.75 Å². The van der Waals surface area contributed by atoms with Crippen molar-refractivity contribution in [3.63, 3.8) is 0 Å². The number of methoxy groups -OCH3 is 2. The van der Waals surface area contributed by atoms with E-state index in [0.717, 1.165) is 5.69 Å². The molecule has 0 bridgehead atoms. The number of esters is 1. The van der Waals surface area contributed by atoms with Crippen LogP contribution in [0.15, 0.2) is 72.9 Å². The van der Waals surface area contributed by atoms with Gasteiger partial charge in [0, 0.05) is 17.4 Å². The van der Waals surface area contributed by atoms with Crippen molar-refractivity contribution >= 4 is 29.3 Å². The van der Waals surface area contributed by atoms with Crippen LogP contribution >= 0.6 is 0 Å². The number of nitrogens with zero attached hydrogens (tertiary/aromatic N) is 1. The van der Waals surface area contributed by atoms with Crippen LogP contribution in [0.1, 0.15) is 26.3 Å². The first kappa shape index (κ1) is 19.8. The van der Waals surface area contributed by atoms with E-state index >= 15 is 0 Å². The number of rotatable bonds is 7. The van der Waals surface area contributed by atoms with E-state index in [1.165, 1.54) is 20.3 Å². The van der Waals surface area contributed by atoms with Crippen molar-refractivity contribution in [1.82, 2.24) is 4.98 Å². The zero-order valence-electron chi connectivity index (χ0n) is 16.1. The molecule has 0 aliphatic rings. The number of pyridine rings is 1. The van der Waals surface area contributed by atoms with Crippen molar-refractivity contribution in [3.05, 3.63) is 89.6 Å². The van der Waals surface area contributed by atoms with Gasteiger partial charge in [-0.1, -0.05) is 24.3 Å². The highest BCUT2D eigenvalue weighted by atomic mass is 16.5. The molecular formula is C23H20N2O4. The quantitative estimate of drug-likeness (QED) is 0.364. The molecule has 0 saturated carbocycles. The Morgan fingerprint density at radius 2 is 1.79 bits per heavy atom. The van der Waals surface area contributed by atoms with Gasteiger partial charge in [0.25, 0.3) is 0 Å². The number of anilines is 2. The Bertz CT molecular complexity index is 1050. The maximum absolute atomic E-state index is 12.8. The van der Waals surface area contributed by atoms with Crippen molar-refractivity contribution in [2.75, 3.05) is 19.5 Å². The molecule has 3 rings (SSSR count). The topological polar surface area (TPSA) is 77.5 Å². The summed E-state index contributed by atoms with van der Waals surface area (Å²) in [5, 5.41) is 3.16. The van der Waals surface area contributed by atoms with Gasteiger partial charge in [-0.25, -0.2) is 9.78 Å². The fourth-order valence-corrected chi connectivity index (χ4v) is 2.71. The van der Waals surface area contributed by atoms with Crippen LogP contribution in [-0.4, -0.2) is 31.0 Å². The maximum Gasteiger partial charge on any atom is 0.337 e. The predicted octanol–water partition coefficient (Wildman–Crippen LogP) is 4.52. The smallest absolute Gasteiger partial charge is 0.337 e. The van der Waals surface area contributed by atoms with Crippen LogP contribution in [0.4, 0.5) is 11.5 Å². The van der Waals surface area contributed by atoms with E-state index in [1.807, 2.05) is 30.3 Å². The van der Waals surface area contributed by atoms with Crippen LogP contribution in [0, 0.1) is 0 Å². The van der Waals surface area contributed by atoms with E-state index in [9.17, 15) is 9.59 Å². The summed E-state index contributed by atoms with van der Waals surface area (Å²) in [5.41, 5.74) is 2.31. The lowest BCUT2D eigenvalue weighted by atomic mass is 10.1. The van der Waals surface area contributed by atoms with Crippen molar-refractivity contribution in [2.45, 2.75) is 0 Å². The largest absolute Gasteiger partial charge is 0.496 e. The molecule has 0 spiro atoms. The van der Waals surface area contributed by atoms with Crippen molar-refractivity contribution in [3.8, 4) is 5.75 Å². The van der Waals surface area contributed by atoms with Crippen LogP contribution in [0.3, 0.4) is 0 Å². The number of nitrogens with one attached hydrogen (secondary N) is 1. The molecule has 0 radical (unpaired) electrons. The van der Waals surface area contributed by atoms with Gasteiger partial charge in [-0.2, -0.15) is 0 Å². The fourth-order valence-electron chi connectivity index (χ4n) is 2.71. The van der Waals surface area contributed by atoms with E-state index in [4.69, 9.17) is 9.47 Å². The van der Waals surface area contributed by atoms with E-state index < -0.39 is 5.97 Å². The van der Waals surface area contributed by atoms with E-state index in [2.05, 4.69) is 10.3 Å². The second-order valence-corrected chi connectivity index (χ2v) is 6.04. The molecule has 29 heavy (non-hydrogen) atoms. The molecule has 6 nitrogen and oxygen atoms in total. The summed E-state index contributed by atoms with van der Waals surface area (Å²) in [5.74, 6) is 0.268. The molecule has 2 aromatic carbocycles. The molecule has 0 aliphatic carbocycles. The van der Waals surface area contributed by atoms with E-state index in [0.29, 0.717) is 28.3 Å². The predicted molar refractivity (Wildman–Crippen MR) is 112 cm³/mol. The molecule has 0 saturated heterocycles. The zero-order chi connectivity index (χ0) is 20.6. The molecule has 0 atom stereocenters. The fraction of sp³-hybridized carbons (Fsp3) is 0.0870. The summed E-state index contributed by atoms with van der Waals surface area (Å²) in [4.78, 5) is 28.7. The summed E-state index contributed by atoms with van der Waals surface area (Å²) in [7, 11) is 2.81. The number of ketones is 1. The molecule has 6 heteroatoms. The Morgan fingerprint density at radius 1 is 1.00 bits per heavy atom. The number of para-hydroxylation sites is 1. The minimum atomic E-state index is -0.457. The highest BCUT2D eigenvalue weighted by Gasteiger charge is 2.12. The molecule has 146 valence electrons. The number of carbonyl (C=O) groups excluding carboxylic acids is 2. The number of aromatic nitrogens is 1. The van der Waals surface area contributed by atoms with Gasteiger partial charge in [0.15, 0.2) is 5.78 Å². The lowest BCUT2D eigenvalue weighted by Crippen LogP contribution is -2.04. The molecule has 3 aromatic rings. The third-order valence-corrected chi connectivity index (χ3v) is 4.18. The van der Waals surface area contributed by atoms with Gasteiger partial charge >= 0.3 is 5.97 Å². The van der Waals surface area contributed by atoms with Gasteiger partial charge in [0.05, 0.1) is 25.3 Å². The summed E-state index contributed by atoms with van der Waals surface area (Å²) >= 11 is 0. The summed E-state index contributed by atoms with van der Waals surface area (Å²) in [6, 6.07) is 17.8. The van der Waals surface area contributed by atoms with Crippen LogP contribution in [0.25, 0.3) is 6.08 Å². The third-order valence-electron chi connectivity index (χ3n) is 4.18. The molecule has 1 aromatic heterocycles.